The number of nitrogens with one attached hydrogen (secondary N) is 1. The lowest BCUT2D eigenvalue weighted by Crippen LogP contribution is -2.26. The predicted octanol–water partition coefficient (Wildman–Crippen LogP) is 2.50. The van der Waals surface area contributed by atoms with Crippen LogP contribution in [0.1, 0.15) is 31.7 Å². The Balaban J connectivity index is 2.09. The molecule has 0 atom stereocenters. The molecule has 1 aromatic rings. The van der Waals surface area contributed by atoms with Crippen molar-refractivity contribution in [2.75, 3.05) is 18.5 Å². The Labute approximate surface area is 119 Å². The Morgan fingerprint density at radius 1 is 1.50 bits per heavy atom. The quantitative estimate of drug-likeness (QED) is 0.433. The van der Waals surface area contributed by atoms with E-state index in [1.165, 1.54) is 12.8 Å². The van der Waals surface area contributed by atoms with Gasteiger partial charge in [0.05, 0.1) is 4.92 Å². The molecule has 1 aliphatic carbocycles. The largest absolute Gasteiger partial charge is 0.318 e. The van der Waals surface area contributed by atoms with Crippen molar-refractivity contribution in [2.45, 2.75) is 32.7 Å². The lowest BCUT2D eigenvalue weighted by atomic mass is 10.1. The lowest BCUT2D eigenvalue weighted by molar-refractivity contribution is -0.384. The van der Waals surface area contributed by atoms with Crippen molar-refractivity contribution in [3.8, 4) is 0 Å². The fourth-order valence-electron chi connectivity index (χ4n) is 2.42. The Morgan fingerprint density at radius 2 is 2.25 bits per heavy atom. The van der Waals surface area contributed by atoms with E-state index in [9.17, 15) is 10.1 Å². The summed E-state index contributed by atoms with van der Waals surface area (Å²) in [4.78, 5) is 13.0. The second-order valence-electron chi connectivity index (χ2n) is 5.43. The van der Waals surface area contributed by atoms with Gasteiger partial charge in [-0.2, -0.15) is 0 Å². The van der Waals surface area contributed by atoms with Gasteiger partial charge >= 0.3 is 0 Å². The van der Waals surface area contributed by atoms with E-state index in [0.29, 0.717) is 5.69 Å². The van der Waals surface area contributed by atoms with Crippen LogP contribution in [-0.2, 0) is 6.54 Å². The molecule has 2 rings (SSSR count). The Bertz CT molecular complexity index is 474. The molecule has 0 aromatic heterocycles. The summed E-state index contributed by atoms with van der Waals surface area (Å²) < 4.78 is 0. The zero-order chi connectivity index (χ0) is 14.5. The fourth-order valence-corrected chi connectivity index (χ4v) is 2.42. The van der Waals surface area contributed by atoms with E-state index in [-0.39, 0.29) is 5.69 Å². The van der Waals surface area contributed by atoms with Gasteiger partial charge < -0.3 is 5.43 Å². The first-order valence-corrected chi connectivity index (χ1v) is 7.10. The maximum atomic E-state index is 11.0. The van der Waals surface area contributed by atoms with Crippen molar-refractivity contribution in [3.63, 3.8) is 0 Å². The van der Waals surface area contributed by atoms with Crippen LogP contribution in [0.15, 0.2) is 18.2 Å². The van der Waals surface area contributed by atoms with Gasteiger partial charge in [0.1, 0.15) is 5.69 Å². The Morgan fingerprint density at radius 3 is 2.80 bits per heavy atom. The van der Waals surface area contributed by atoms with Gasteiger partial charge in [-0.15, -0.1) is 0 Å². The molecule has 0 heterocycles. The molecular weight excluding hydrogens is 256 g/mol. The van der Waals surface area contributed by atoms with E-state index in [2.05, 4.69) is 17.2 Å². The average Bonchev–Trinajstić information content (AvgIpc) is 3.22. The van der Waals surface area contributed by atoms with Gasteiger partial charge in [-0.05, 0) is 43.4 Å². The van der Waals surface area contributed by atoms with Gasteiger partial charge in [-0.3, -0.25) is 20.9 Å². The molecule has 110 valence electrons. The third-order valence-electron chi connectivity index (χ3n) is 3.57. The van der Waals surface area contributed by atoms with Crippen LogP contribution in [-0.4, -0.2) is 22.9 Å². The minimum absolute atomic E-state index is 0.0351. The van der Waals surface area contributed by atoms with E-state index in [1.54, 1.807) is 12.1 Å². The first kappa shape index (κ1) is 14.7. The van der Waals surface area contributed by atoms with Crippen LogP contribution in [0.3, 0.4) is 0 Å². The smallest absolute Gasteiger partial charge is 0.293 e. The molecule has 20 heavy (non-hydrogen) atoms. The summed E-state index contributed by atoms with van der Waals surface area (Å²) in [6.07, 6.45) is 3.73. The summed E-state index contributed by atoms with van der Waals surface area (Å²) in [6, 6.07) is 5.19. The van der Waals surface area contributed by atoms with Crippen molar-refractivity contribution in [1.82, 2.24) is 4.90 Å². The van der Waals surface area contributed by atoms with Crippen LogP contribution < -0.4 is 11.3 Å². The van der Waals surface area contributed by atoms with Gasteiger partial charge in [0.15, 0.2) is 0 Å². The Kier molecular flexibility index (Phi) is 4.92. The highest BCUT2D eigenvalue weighted by atomic mass is 16.6. The maximum absolute atomic E-state index is 11.0. The summed E-state index contributed by atoms with van der Waals surface area (Å²) in [6.45, 7) is 5.04. The number of nitrogens with zero attached hydrogens (tertiary/aromatic N) is 2. The fraction of sp³-hybridized carbons (Fsp3) is 0.571. The topological polar surface area (TPSA) is 84.4 Å². The summed E-state index contributed by atoms with van der Waals surface area (Å²) in [7, 11) is 0. The molecule has 1 aromatic carbocycles. The maximum Gasteiger partial charge on any atom is 0.293 e. The molecule has 0 unspecified atom stereocenters. The highest BCUT2D eigenvalue weighted by molar-refractivity contribution is 5.61. The first-order chi connectivity index (χ1) is 9.63. The number of rotatable bonds is 8. The van der Waals surface area contributed by atoms with E-state index in [0.717, 1.165) is 37.5 Å². The molecular formula is C14H22N4O2. The summed E-state index contributed by atoms with van der Waals surface area (Å²) in [5.41, 5.74) is 3.72. The van der Waals surface area contributed by atoms with Gasteiger partial charge in [0.2, 0.25) is 0 Å². The standard InChI is InChI=1S/C14H22N4O2/c1-2-7-17(9-11-3-4-11)10-12-5-6-13(16-15)14(8-12)18(19)20/h5-6,8,11,16H,2-4,7,9-10,15H2,1H3. The van der Waals surface area contributed by atoms with Crippen molar-refractivity contribution in [2.24, 2.45) is 11.8 Å². The normalized spacial score (nSPS) is 14.6. The molecule has 0 saturated heterocycles. The number of nitro groups is 1. The number of nitrogen functional groups attached to an aromatic ring is 1. The van der Waals surface area contributed by atoms with Crippen molar-refractivity contribution >= 4 is 11.4 Å². The number of nitrogens with two attached hydrogens (primary N) is 1. The minimum Gasteiger partial charge on any atom is -0.318 e. The predicted molar refractivity (Wildman–Crippen MR) is 79.2 cm³/mol. The highest BCUT2D eigenvalue weighted by Gasteiger charge is 2.24. The van der Waals surface area contributed by atoms with E-state index >= 15 is 0 Å². The van der Waals surface area contributed by atoms with Crippen molar-refractivity contribution in [3.05, 3.63) is 33.9 Å². The summed E-state index contributed by atoms with van der Waals surface area (Å²) in [5, 5.41) is 11.0. The zero-order valence-electron chi connectivity index (χ0n) is 11.8. The lowest BCUT2D eigenvalue weighted by Gasteiger charge is -2.21. The van der Waals surface area contributed by atoms with Crippen molar-refractivity contribution < 1.29 is 4.92 Å². The molecule has 1 aliphatic rings. The number of benzene rings is 1. The summed E-state index contributed by atoms with van der Waals surface area (Å²) >= 11 is 0. The van der Waals surface area contributed by atoms with Gasteiger partial charge in [0, 0.05) is 19.2 Å². The molecule has 0 bridgehead atoms. The molecule has 0 aliphatic heterocycles. The number of nitro benzene ring substituents is 1. The number of anilines is 1. The van der Waals surface area contributed by atoms with Crippen LogP contribution in [0.2, 0.25) is 0 Å². The Hall–Kier alpha value is -1.66. The first-order valence-electron chi connectivity index (χ1n) is 7.10. The molecule has 3 N–H and O–H groups in total. The average molecular weight is 278 g/mol. The van der Waals surface area contributed by atoms with Crippen LogP contribution in [0.4, 0.5) is 11.4 Å². The van der Waals surface area contributed by atoms with Crippen LogP contribution in [0.25, 0.3) is 0 Å². The number of hydrazine groups is 1. The molecule has 0 spiro atoms. The number of hydrogen-bond donors (Lipinski definition) is 2. The van der Waals surface area contributed by atoms with E-state index < -0.39 is 4.92 Å². The molecule has 0 amide bonds. The monoisotopic (exact) mass is 278 g/mol. The second kappa shape index (κ2) is 6.67. The minimum atomic E-state index is -0.399. The molecule has 6 nitrogen and oxygen atoms in total. The zero-order valence-corrected chi connectivity index (χ0v) is 11.8. The van der Waals surface area contributed by atoms with Crippen molar-refractivity contribution in [1.29, 1.82) is 0 Å². The van der Waals surface area contributed by atoms with E-state index in [4.69, 9.17) is 5.84 Å². The van der Waals surface area contributed by atoms with Crippen LogP contribution >= 0.6 is 0 Å². The number of hydrogen-bond acceptors (Lipinski definition) is 5. The second-order valence-corrected chi connectivity index (χ2v) is 5.43. The van der Waals surface area contributed by atoms with Crippen LogP contribution in [0, 0.1) is 16.0 Å². The van der Waals surface area contributed by atoms with Gasteiger partial charge in [0.25, 0.3) is 5.69 Å². The molecule has 1 fully saturated rings. The third-order valence-corrected chi connectivity index (χ3v) is 3.57. The van der Waals surface area contributed by atoms with Crippen LogP contribution in [0.5, 0.6) is 0 Å². The highest BCUT2D eigenvalue weighted by Crippen LogP contribution is 2.31. The summed E-state index contributed by atoms with van der Waals surface area (Å²) in [5.74, 6) is 6.12. The van der Waals surface area contributed by atoms with Gasteiger partial charge in [-0.1, -0.05) is 13.0 Å². The SMILES string of the molecule is CCCN(Cc1ccc(NN)c([N+](=O)[O-])c1)CC1CC1. The molecule has 1 saturated carbocycles. The van der Waals surface area contributed by atoms with Gasteiger partial charge in [-0.25, -0.2) is 0 Å². The van der Waals surface area contributed by atoms with E-state index in [1.807, 2.05) is 6.07 Å². The molecule has 0 radical (unpaired) electrons. The third kappa shape index (κ3) is 3.91. The molecule has 6 heteroatoms.